The van der Waals surface area contributed by atoms with Gasteiger partial charge in [0, 0.05) is 16.8 Å². The summed E-state index contributed by atoms with van der Waals surface area (Å²) in [7, 11) is 0. The fourth-order valence-corrected chi connectivity index (χ4v) is 1.73. The number of aryl methyl sites for hydroxylation is 2. The third-order valence-electron chi connectivity index (χ3n) is 2.63. The number of hydrogen-bond donors (Lipinski definition) is 2. The molecule has 0 aliphatic carbocycles. The second-order valence-corrected chi connectivity index (χ2v) is 3.73. The quantitative estimate of drug-likeness (QED) is 0.621. The van der Waals surface area contributed by atoms with Crippen LogP contribution in [-0.2, 0) is 0 Å². The minimum absolute atomic E-state index is 0.753. The Morgan fingerprint density at radius 3 is 2.29 bits per heavy atom. The van der Waals surface area contributed by atoms with Crippen LogP contribution in [0, 0.1) is 13.8 Å². The van der Waals surface area contributed by atoms with Gasteiger partial charge in [0.2, 0.25) is 0 Å². The van der Waals surface area contributed by atoms with E-state index < -0.39 is 0 Å². The molecule has 0 bridgehead atoms. The van der Waals surface area contributed by atoms with E-state index in [4.69, 9.17) is 11.5 Å². The van der Waals surface area contributed by atoms with Crippen LogP contribution in [0.1, 0.15) is 11.1 Å². The molecule has 4 N–H and O–H groups in total. The van der Waals surface area contributed by atoms with Gasteiger partial charge in [-0.2, -0.15) is 0 Å². The molecule has 0 atom stereocenters. The molecule has 14 heavy (non-hydrogen) atoms. The topological polar surface area (TPSA) is 52.0 Å². The molecule has 0 radical (unpaired) electrons. The SMILES string of the molecule is Cc1ccc2c(N)cc(N)c(C)c2c1. The molecule has 72 valence electrons. The van der Waals surface area contributed by atoms with Gasteiger partial charge in [0.25, 0.3) is 0 Å². The van der Waals surface area contributed by atoms with Gasteiger partial charge in [-0.15, -0.1) is 0 Å². The molecule has 0 unspecified atom stereocenters. The van der Waals surface area contributed by atoms with Gasteiger partial charge < -0.3 is 11.5 Å². The van der Waals surface area contributed by atoms with Crippen molar-refractivity contribution in [3.05, 3.63) is 35.4 Å². The Hall–Kier alpha value is -1.70. The fourth-order valence-electron chi connectivity index (χ4n) is 1.73. The van der Waals surface area contributed by atoms with Crippen molar-refractivity contribution in [1.29, 1.82) is 0 Å². The maximum Gasteiger partial charge on any atom is 0.0414 e. The molecule has 0 aliphatic heterocycles. The van der Waals surface area contributed by atoms with Gasteiger partial charge in [0.15, 0.2) is 0 Å². The molecular weight excluding hydrogens is 172 g/mol. The molecule has 0 saturated heterocycles. The minimum Gasteiger partial charge on any atom is -0.398 e. The first kappa shape index (κ1) is 8.88. The van der Waals surface area contributed by atoms with Gasteiger partial charge in [-0.3, -0.25) is 0 Å². The third kappa shape index (κ3) is 1.20. The van der Waals surface area contributed by atoms with Crippen molar-refractivity contribution in [3.63, 3.8) is 0 Å². The van der Waals surface area contributed by atoms with Gasteiger partial charge in [-0.25, -0.2) is 0 Å². The zero-order valence-electron chi connectivity index (χ0n) is 8.46. The van der Waals surface area contributed by atoms with Crippen LogP contribution in [0.2, 0.25) is 0 Å². The summed E-state index contributed by atoms with van der Waals surface area (Å²) in [6.07, 6.45) is 0. The predicted molar refractivity (Wildman–Crippen MR) is 62.2 cm³/mol. The van der Waals surface area contributed by atoms with Crippen molar-refractivity contribution in [2.45, 2.75) is 13.8 Å². The number of anilines is 2. The number of rotatable bonds is 0. The van der Waals surface area contributed by atoms with E-state index >= 15 is 0 Å². The van der Waals surface area contributed by atoms with E-state index in [0.717, 1.165) is 27.7 Å². The van der Waals surface area contributed by atoms with E-state index in [2.05, 4.69) is 19.1 Å². The van der Waals surface area contributed by atoms with Gasteiger partial charge in [0.1, 0.15) is 0 Å². The first-order chi connectivity index (χ1) is 6.59. The fraction of sp³-hybridized carbons (Fsp3) is 0.167. The Labute approximate surface area is 83.5 Å². The normalized spacial score (nSPS) is 10.7. The molecule has 0 amide bonds. The van der Waals surface area contributed by atoms with Crippen LogP contribution < -0.4 is 11.5 Å². The van der Waals surface area contributed by atoms with Crippen molar-refractivity contribution in [2.75, 3.05) is 11.5 Å². The van der Waals surface area contributed by atoms with Crippen LogP contribution >= 0.6 is 0 Å². The molecule has 0 saturated carbocycles. The molecule has 0 aliphatic rings. The summed E-state index contributed by atoms with van der Waals surface area (Å²) in [5.74, 6) is 0. The summed E-state index contributed by atoms with van der Waals surface area (Å²) in [6.45, 7) is 4.09. The highest BCUT2D eigenvalue weighted by molar-refractivity contribution is 5.98. The molecule has 2 rings (SSSR count). The molecule has 2 aromatic rings. The van der Waals surface area contributed by atoms with Gasteiger partial charge >= 0.3 is 0 Å². The monoisotopic (exact) mass is 186 g/mol. The summed E-state index contributed by atoms with van der Waals surface area (Å²) in [5.41, 5.74) is 15.6. The highest BCUT2D eigenvalue weighted by Crippen LogP contribution is 2.29. The summed E-state index contributed by atoms with van der Waals surface area (Å²) >= 11 is 0. The van der Waals surface area contributed by atoms with Crippen LogP contribution in [0.3, 0.4) is 0 Å². The van der Waals surface area contributed by atoms with E-state index in [9.17, 15) is 0 Å². The standard InChI is InChI=1S/C12H14N2/c1-7-3-4-9-10(5-7)8(2)11(13)6-12(9)14/h3-6H,13-14H2,1-2H3. The van der Waals surface area contributed by atoms with E-state index in [1.54, 1.807) is 0 Å². The number of fused-ring (bicyclic) bond motifs is 1. The third-order valence-corrected chi connectivity index (χ3v) is 2.63. The molecular formula is C12H14N2. The molecule has 2 heteroatoms. The molecule has 0 aromatic heterocycles. The molecule has 0 fully saturated rings. The largest absolute Gasteiger partial charge is 0.398 e. The lowest BCUT2D eigenvalue weighted by Gasteiger charge is -2.09. The second-order valence-electron chi connectivity index (χ2n) is 3.73. The summed E-state index contributed by atoms with van der Waals surface area (Å²) in [6, 6.07) is 8.06. The number of benzene rings is 2. The summed E-state index contributed by atoms with van der Waals surface area (Å²) in [5, 5.41) is 2.24. The van der Waals surface area contributed by atoms with Gasteiger partial charge in [-0.1, -0.05) is 23.8 Å². The van der Waals surface area contributed by atoms with Gasteiger partial charge in [0.05, 0.1) is 0 Å². The number of hydrogen-bond acceptors (Lipinski definition) is 2. The molecule has 2 nitrogen and oxygen atoms in total. The summed E-state index contributed by atoms with van der Waals surface area (Å²) < 4.78 is 0. The minimum atomic E-state index is 0.753. The predicted octanol–water partition coefficient (Wildman–Crippen LogP) is 2.62. The zero-order valence-corrected chi connectivity index (χ0v) is 8.46. The van der Waals surface area contributed by atoms with E-state index in [1.807, 2.05) is 19.1 Å². The number of nitrogens with two attached hydrogens (primary N) is 2. The van der Waals surface area contributed by atoms with Crippen LogP contribution in [0.4, 0.5) is 11.4 Å². The lowest BCUT2D eigenvalue weighted by molar-refractivity contribution is 1.47. The van der Waals surface area contributed by atoms with Crippen molar-refractivity contribution in [1.82, 2.24) is 0 Å². The second kappa shape index (κ2) is 2.91. The average Bonchev–Trinajstić information content (AvgIpc) is 2.14. The van der Waals surface area contributed by atoms with Crippen LogP contribution in [0.25, 0.3) is 10.8 Å². The Kier molecular flexibility index (Phi) is 1.84. The van der Waals surface area contributed by atoms with Crippen LogP contribution in [0.15, 0.2) is 24.3 Å². The Morgan fingerprint density at radius 2 is 1.57 bits per heavy atom. The Bertz CT molecular complexity index is 501. The lowest BCUT2D eigenvalue weighted by Crippen LogP contribution is -1.95. The zero-order chi connectivity index (χ0) is 10.3. The Balaban J connectivity index is 2.95. The molecule has 2 aromatic carbocycles. The van der Waals surface area contributed by atoms with Crippen molar-refractivity contribution < 1.29 is 0 Å². The van der Waals surface area contributed by atoms with Crippen LogP contribution in [-0.4, -0.2) is 0 Å². The maximum absolute atomic E-state index is 5.90. The highest BCUT2D eigenvalue weighted by Gasteiger charge is 2.04. The van der Waals surface area contributed by atoms with Crippen LogP contribution in [0.5, 0.6) is 0 Å². The van der Waals surface area contributed by atoms with Crippen molar-refractivity contribution in [2.24, 2.45) is 0 Å². The van der Waals surface area contributed by atoms with E-state index in [1.165, 1.54) is 5.56 Å². The smallest absolute Gasteiger partial charge is 0.0414 e. The lowest BCUT2D eigenvalue weighted by atomic mass is 10.0. The summed E-state index contributed by atoms with van der Waals surface area (Å²) in [4.78, 5) is 0. The van der Waals surface area contributed by atoms with E-state index in [0.29, 0.717) is 0 Å². The molecule has 0 spiro atoms. The van der Waals surface area contributed by atoms with Crippen molar-refractivity contribution >= 4 is 22.1 Å². The number of nitrogen functional groups attached to an aromatic ring is 2. The van der Waals surface area contributed by atoms with E-state index in [-0.39, 0.29) is 0 Å². The maximum atomic E-state index is 5.90. The highest BCUT2D eigenvalue weighted by atomic mass is 14.6. The first-order valence-electron chi connectivity index (χ1n) is 4.64. The average molecular weight is 186 g/mol. The van der Waals surface area contributed by atoms with Gasteiger partial charge in [-0.05, 0) is 30.9 Å². The Morgan fingerprint density at radius 1 is 0.857 bits per heavy atom. The molecule has 0 heterocycles. The van der Waals surface area contributed by atoms with Crippen molar-refractivity contribution in [3.8, 4) is 0 Å². The first-order valence-corrected chi connectivity index (χ1v) is 4.64.